The van der Waals surface area contributed by atoms with E-state index in [0.717, 1.165) is 6.08 Å². The summed E-state index contributed by atoms with van der Waals surface area (Å²) in [6.45, 7) is 0. The van der Waals surface area contributed by atoms with Crippen LogP contribution in [0.1, 0.15) is 5.69 Å². The summed E-state index contributed by atoms with van der Waals surface area (Å²) in [4.78, 5) is 16.1. The Hall–Kier alpha value is -1.65. The normalized spacial score (nSPS) is 11.5. The van der Waals surface area contributed by atoms with Crippen LogP contribution in [0.2, 0.25) is 0 Å². The monoisotopic (exact) mass is 156 g/mol. The number of rotatable bonds is 2. The lowest BCUT2D eigenvalue weighted by atomic mass is 10.4. The molecule has 0 unspecified atom stereocenters. The smallest absolute Gasteiger partial charge is 0.364 e. The summed E-state index contributed by atoms with van der Waals surface area (Å²) in [5.41, 5.74) is 0.324. The van der Waals surface area contributed by atoms with E-state index in [0.29, 0.717) is 5.69 Å². The number of aliphatic carboxylic acids is 1. The molecule has 0 aliphatic heterocycles. The predicted octanol–water partition coefficient (Wildman–Crippen LogP) is 0.805. The number of carboxylic acids is 1. The van der Waals surface area contributed by atoms with Crippen LogP contribution in [0.3, 0.4) is 0 Å². The second-order valence-corrected chi connectivity index (χ2v) is 1.80. The summed E-state index contributed by atoms with van der Waals surface area (Å²) in [6.07, 6.45) is 3.51. The molecule has 1 aromatic rings. The zero-order valence-corrected chi connectivity index (χ0v) is 5.41. The molecule has 1 aromatic heterocycles. The van der Waals surface area contributed by atoms with Gasteiger partial charge in [-0.05, 0) is 0 Å². The highest BCUT2D eigenvalue weighted by Crippen LogP contribution is 2.03. The number of H-pyrrole nitrogens is 1. The van der Waals surface area contributed by atoms with Crippen LogP contribution in [0, 0.1) is 0 Å². The maximum atomic E-state index is 12.3. The van der Waals surface area contributed by atoms with Gasteiger partial charge < -0.3 is 10.1 Å². The molecule has 58 valence electrons. The molecule has 2 N–H and O–H groups in total. The Kier molecular flexibility index (Phi) is 2.00. The number of hydrogen-bond acceptors (Lipinski definition) is 2. The number of hydrogen-bond donors (Lipinski definition) is 2. The summed E-state index contributed by atoms with van der Waals surface area (Å²) >= 11 is 0. The molecule has 0 aliphatic rings. The van der Waals surface area contributed by atoms with E-state index in [1.807, 2.05) is 0 Å². The van der Waals surface area contributed by atoms with Gasteiger partial charge in [-0.25, -0.2) is 9.78 Å². The molecular formula is C6H5FN2O2. The molecule has 0 amide bonds. The molecule has 1 heterocycles. The van der Waals surface area contributed by atoms with Crippen molar-refractivity contribution in [1.82, 2.24) is 9.97 Å². The van der Waals surface area contributed by atoms with Crippen molar-refractivity contribution >= 4 is 12.0 Å². The second-order valence-electron chi connectivity index (χ2n) is 1.80. The van der Waals surface area contributed by atoms with Crippen LogP contribution >= 0.6 is 0 Å². The number of aromatic nitrogens is 2. The van der Waals surface area contributed by atoms with E-state index in [1.54, 1.807) is 0 Å². The van der Waals surface area contributed by atoms with Crippen molar-refractivity contribution in [3.8, 4) is 0 Å². The third-order valence-corrected chi connectivity index (χ3v) is 1.01. The van der Waals surface area contributed by atoms with E-state index >= 15 is 0 Å². The zero-order chi connectivity index (χ0) is 8.27. The Bertz CT molecular complexity index is 279. The highest BCUT2D eigenvalue weighted by atomic mass is 19.1. The summed E-state index contributed by atoms with van der Waals surface area (Å²) in [5.74, 6) is -2.80. The standard InChI is InChI=1S/C6H5FN2O2/c7-5(6(10)11)1-4-2-8-3-9-4/h1-3H,(H,8,9)(H,10,11)/b5-1+. The fourth-order valence-electron chi connectivity index (χ4n) is 0.544. The van der Waals surface area contributed by atoms with Gasteiger partial charge in [-0.1, -0.05) is 0 Å². The lowest BCUT2D eigenvalue weighted by Crippen LogP contribution is -1.93. The van der Waals surface area contributed by atoms with Gasteiger partial charge in [0.05, 0.1) is 18.2 Å². The minimum absolute atomic E-state index is 0.324. The highest BCUT2D eigenvalue weighted by molar-refractivity contribution is 5.89. The first-order chi connectivity index (χ1) is 5.20. The van der Waals surface area contributed by atoms with Gasteiger partial charge in [0.25, 0.3) is 0 Å². The van der Waals surface area contributed by atoms with Crippen molar-refractivity contribution in [2.75, 3.05) is 0 Å². The molecule has 0 saturated heterocycles. The maximum absolute atomic E-state index is 12.3. The molecular weight excluding hydrogens is 151 g/mol. The molecule has 11 heavy (non-hydrogen) atoms. The van der Waals surface area contributed by atoms with E-state index in [4.69, 9.17) is 5.11 Å². The summed E-state index contributed by atoms with van der Waals surface area (Å²) in [6, 6.07) is 0. The van der Waals surface area contributed by atoms with Crippen LogP contribution in [0.15, 0.2) is 18.4 Å². The fourth-order valence-corrected chi connectivity index (χ4v) is 0.544. The quantitative estimate of drug-likeness (QED) is 0.622. The van der Waals surface area contributed by atoms with Gasteiger partial charge in [-0.3, -0.25) is 0 Å². The number of carboxylic acid groups (broad SMARTS) is 1. The average molecular weight is 156 g/mol. The lowest BCUT2D eigenvalue weighted by molar-refractivity contribution is -0.134. The van der Waals surface area contributed by atoms with Crippen LogP contribution < -0.4 is 0 Å². The van der Waals surface area contributed by atoms with E-state index in [2.05, 4.69) is 9.97 Å². The van der Waals surface area contributed by atoms with Crippen LogP contribution in [-0.2, 0) is 4.79 Å². The third-order valence-electron chi connectivity index (χ3n) is 1.01. The van der Waals surface area contributed by atoms with Crippen LogP contribution in [0.4, 0.5) is 4.39 Å². The van der Waals surface area contributed by atoms with Crippen molar-refractivity contribution in [2.24, 2.45) is 0 Å². The molecule has 0 atom stereocenters. The number of carbonyl (C=O) groups is 1. The lowest BCUT2D eigenvalue weighted by Gasteiger charge is -1.85. The molecule has 4 nitrogen and oxygen atoms in total. The van der Waals surface area contributed by atoms with Gasteiger partial charge in [-0.15, -0.1) is 0 Å². The van der Waals surface area contributed by atoms with Gasteiger partial charge in [0.15, 0.2) is 0 Å². The van der Waals surface area contributed by atoms with Gasteiger partial charge in [0, 0.05) is 6.08 Å². The molecule has 0 aliphatic carbocycles. The maximum Gasteiger partial charge on any atom is 0.364 e. The van der Waals surface area contributed by atoms with Crippen LogP contribution in [-0.4, -0.2) is 21.0 Å². The largest absolute Gasteiger partial charge is 0.476 e. The van der Waals surface area contributed by atoms with Crippen molar-refractivity contribution < 1.29 is 14.3 Å². The Morgan fingerprint density at radius 3 is 3.00 bits per heavy atom. The SMILES string of the molecule is O=C(O)/C(F)=C\c1cnc[nH]1. The first-order valence-corrected chi connectivity index (χ1v) is 2.79. The third kappa shape index (κ3) is 1.89. The summed E-state index contributed by atoms with van der Waals surface area (Å²) in [5, 5.41) is 8.10. The molecule has 0 aromatic carbocycles. The second kappa shape index (κ2) is 2.96. The van der Waals surface area contributed by atoms with E-state index < -0.39 is 11.8 Å². The number of imidazole rings is 1. The molecule has 0 fully saturated rings. The van der Waals surface area contributed by atoms with E-state index in [-0.39, 0.29) is 0 Å². The number of nitrogens with one attached hydrogen (secondary N) is 1. The Labute approximate surface area is 61.4 Å². The molecule has 0 spiro atoms. The minimum Gasteiger partial charge on any atom is -0.476 e. The minimum atomic E-state index is -1.58. The average Bonchev–Trinajstić information content (AvgIpc) is 2.39. The summed E-state index contributed by atoms with van der Waals surface area (Å²) < 4.78 is 12.3. The first kappa shape index (κ1) is 7.46. The van der Waals surface area contributed by atoms with Gasteiger partial charge in [0.2, 0.25) is 5.83 Å². The molecule has 5 heteroatoms. The molecule has 1 rings (SSSR count). The van der Waals surface area contributed by atoms with Crippen LogP contribution in [0.5, 0.6) is 0 Å². The Balaban J connectivity index is 2.82. The van der Waals surface area contributed by atoms with E-state index in [1.165, 1.54) is 12.5 Å². The predicted molar refractivity (Wildman–Crippen MR) is 35.3 cm³/mol. The fraction of sp³-hybridized carbons (Fsp3) is 0. The van der Waals surface area contributed by atoms with Crippen molar-refractivity contribution in [3.63, 3.8) is 0 Å². The number of aromatic amines is 1. The van der Waals surface area contributed by atoms with Gasteiger partial charge in [-0.2, -0.15) is 4.39 Å². The van der Waals surface area contributed by atoms with Crippen LogP contribution in [0.25, 0.3) is 6.08 Å². The number of nitrogens with zero attached hydrogens (tertiary/aromatic N) is 1. The topological polar surface area (TPSA) is 66.0 Å². The first-order valence-electron chi connectivity index (χ1n) is 2.79. The van der Waals surface area contributed by atoms with Crippen molar-refractivity contribution in [1.29, 1.82) is 0 Å². The van der Waals surface area contributed by atoms with Crippen molar-refractivity contribution in [2.45, 2.75) is 0 Å². The van der Waals surface area contributed by atoms with Crippen molar-refractivity contribution in [3.05, 3.63) is 24.0 Å². The Morgan fingerprint density at radius 2 is 2.55 bits per heavy atom. The number of halogens is 1. The zero-order valence-electron chi connectivity index (χ0n) is 5.41. The molecule has 0 saturated carbocycles. The van der Waals surface area contributed by atoms with E-state index in [9.17, 15) is 9.18 Å². The van der Waals surface area contributed by atoms with Gasteiger partial charge >= 0.3 is 5.97 Å². The van der Waals surface area contributed by atoms with Gasteiger partial charge in [0.1, 0.15) is 0 Å². The molecule has 0 radical (unpaired) electrons. The Morgan fingerprint density at radius 1 is 1.82 bits per heavy atom. The molecule has 0 bridgehead atoms. The highest BCUT2D eigenvalue weighted by Gasteiger charge is 2.04. The summed E-state index contributed by atoms with van der Waals surface area (Å²) in [7, 11) is 0.